The van der Waals surface area contributed by atoms with Crippen LogP contribution in [-0.4, -0.2) is 11.9 Å². The van der Waals surface area contributed by atoms with E-state index in [1.165, 1.54) is 12.8 Å². The molecule has 15 heavy (non-hydrogen) atoms. The Bertz CT molecular complexity index is 320. The van der Waals surface area contributed by atoms with Gasteiger partial charge < -0.3 is 5.32 Å². The summed E-state index contributed by atoms with van der Waals surface area (Å²) in [6.07, 6.45) is 4.83. The van der Waals surface area contributed by atoms with Crippen LogP contribution in [0.5, 0.6) is 0 Å². The predicted molar refractivity (Wildman–Crippen MR) is 63.2 cm³/mol. The number of hydrogen-bond acceptors (Lipinski definition) is 2. The van der Waals surface area contributed by atoms with E-state index in [1.807, 2.05) is 16.8 Å². The molecule has 3 heteroatoms. The maximum absolute atomic E-state index is 11.8. The molecule has 0 saturated heterocycles. The van der Waals surface area contributed by atoms with Crippen molar-refractivity contribution < 1.29 is 4.79 Å². The largest absolute Gasteiger partial charge is 0.349 e. The van der Waals surface area contributed by atoms with E-state index in [-0.39, 0.29) is 5.91 Å². The van der Waals surface area contributed by atoms with E-state index in [4.69, 9.17) is 0 Å². The van der Waals surface area contributed by atoms with E-state index >= 15 is 0 Å². The standard InChI is InChI=1S/C12H17NOS/c1-9-3-2-4-11(7-9)13-12(14)10-5-6-15-8-10/h5-6,8-9,11H,2-4,7H2,1H3,(H,13,14). The number of nitrogens with one attached hydrogen (secondary N) is 1. The smallest absolute Gasteiger partial charge is 0.252 e. The highest BCUT2D eigenvalue weighted by atomic mass is 32.1. The molecule has 1 heterocycles. The first kappa shape index (κ1) is 10.7. The Balaban J connectivity index is 1.89. The Morgan fingerprint density at radius 3 is 3.07 bits per heavy atom. The van der Waals surface area contributed by atoms with Gasteiger partial charge in [-0.2, -0.15) is 11.3 Å². The molecule has 0 radical (unpaired) electrons. The molecule has 0 aliphatic heterocycles. The van der Waals surface area contributed by atoms with Crippen molar-refractivity contribution in [2.75, 3.05) is 0 Å². The fourth-order valence-corrected chi connectivity index (χ4v) is 2.86. The van der Waals surface area contributed by atoms with Crippen LogP contribution in [0.25, 0.3) is 0 Å². The van der Waals surface area contributed by atoms with Crippen molar-refractivity contribution in [3.63, 3.8) is 0 Å². The lowest BCUT2D eigenvalue weighted by molar-refractivity contribution is 0.0922. The lowest BCUT2D eigenvalue weighted by Gasteiger charge is -2.27. The quantitative estimate of drug-likeness (QED) is 0.820. The third-order valence-electron chi connectivity index (χ3n) is 3.05. The number of carbonyl (C=O) groups is 1. The minimum Gasteiger partial charge on any atom is -0.349 e. The van der Waals surface area contributed by atoms with Gasteiger partial charge in [0.25, 0.3) is 5.91 Å². The molecule has 2 unspecified atom stereocenters. The molecule has 0 bridgehead atoms. The Labute approximate surface area is 94.7 Å². The molecule has 2 nitrogen and oxygen atoms in total. The molecule has 1 amide bonds. The van der Waals surface area contributed by atoms with Crippen molar-refractivity contribution in [2.24, 2.45) is 5.92 Å². The molecule has 2 atom stereocenters. The van der Waals surface area contributed by atoms with Gasteiger partial charge in [0, 0.05) is 17.0 Å². The maximum Gasteiger partial charge on any atom is 0.252 e. The Morgan fingerprint density at radius 1 is 1.53 bits per heavy atom. The second-order valence-corrected chi connectivity index (χ2v) is 5.23. The number of amides is 1. The van der Waals surface area contributed by atoms with Crippen LogP contribution in [0.2, 0.25) is 0 Å². The van der Waals surface area contributed by atoms with Crippen LogP contribution < -0.4 is 5.32 Å². The van der Waals surface area contributed by atoms with Crippen molar-refractivity contribution in [1.29, 1.82) is 0 Å². The third-order valence-corrected chi connectivity index (χ3v) is 3.74. The minimum absolute atomic E-state index is 0.0929. The van der Waals surface area contributed by atoms with Crippen LogP contribution in [0.15, 0.2) is 16.8 Å². The molecule has 2 rings (SSSR count). The summed E-state index contributed by atoms with van der Waals surface area (Å²) < 4.78 is 0. The van der Waals surface area contributed by atoms with Crippen molar-refractivity contribution in [2.45, 2.75) is 38.6 Å². The summed E-state index contributed by atoms with van der Waals surface area (Å²) in [4.78, 5) is 11.8. The van der Waals surface area contributed by atoms with Gasteiger partial charge in [0.05, 0.1) is 0 Å². The number of rotatable bonds is 2. The van der Waals surface area contributed by atoms with Crippen molar-refractivity contribution in [3.8, 4) is 0 Å². The van der Waals surface area contributed by atoms with E-state index < -0.39 is 0 Å². The molecular formula is C12H17NOS. The predicted octanol–water partition coefficient (Wildman–Crippen LogP) is 3.06. The van der Waals surface area contributed by atoms with E-state index in [0.717, 1.165) is 24.3 Å². The Hall–Kier alpha value is -0.830. The Morgan fingerprint density at radius 2 is 2.40 bits per heavy atom. The SMILES string of the molecule is CC1CCCC(NC(=O)c2ccsc2)C1. The molecule has 1 aliphatic carbocycles. The van der Waals surface area contributed by atoms with E-state index in [2.05, 4.69) is 12.2 Å². The van der Waals surface area contributed by atoms with E-state index in [9.17, 15) is 4.79 Å². The fraction of sp³-hybridized carbons (Fsp3) is 0.583. The second kappa shape index (κ2) is 4.79. The summed E-state index contributed by atoms with van der Waals surface area (Å²) in [5.41, 5.74) is 0.804. The lowest BCUT2D eigenvalue weighted by atomic mass is 9.87. The normalized spacial score (nSPS) is 26.2. The van der Waals surface area contributed by atoms with Crippen LogP contribution in [-0.2, 0) is 0 Å². The van der Waals surface area contributed by atoms with Crippen LogP contribution in [0, 0.1) is 5.92 Å². The zero-order valence-corrected chi connectivity index (χ0v) is 9.85. The molecule has 0 spiro atoms. The van der Waals surface area contributed by atoms with Gasteiger partial charge >= 0.3 is 0 Å². The summed E-state index contributed by atoms with van der Waals surface area (Å²) >= 11 is 1.57. The van der Waals surface area contributed by atoms with E-state index in [0.29, 0.717) is 6.04 Å². The fourth-order valence-electron chi connectivity index (χ4n) is 2.23. The summed E-state index contributed by atoms with van der Waals surface area (Å²) in [5.74, 6) is 0.849. The highest BCUT2D eigenvalue weighted by Gasteiger charge is 2.20. The second-order valence-electron chi connectivity index (χ2n) is 4.45. The van der Waals surface area contributed by atoms with Gasteiger partial charge in [0.2, 0.25) is 0 Å². The Kier molecular flexibility index (Phi) is 3.41. The van der Waals surface area contributed by atoms with Crippen LogP contribution in [0.1, 0.15) is 43.0 Å². The van der Waals surface area contributed by atoms with Crippen molar-refractivity contribution >= 4 is 17.2 Å². The molecule has 1 fully saturated rings. The maximum atomic E-state index is 11.8. The first-order valence-electron chi connectivity index (χ1n) is 5.59. The highest BCUT2D eigenvalue weighted by Crippen LogP contribution is 2.23. The average molecular weight is 223 g/mol. The van der Waals surface area contributed by atoms with Crippen molar-refractivity contribution in [3.05, 3.63) is 22.4 Å². The summed E-state index contributed by atoms with van der Waals surface area (Å²) in [6.45, 7) is 2.27. The summed E-state index contributed by atoms with van der Waals surface area (Å²) in [7, 11) is 0. The molecule has 0 aromatic carbocycles. The van der Waals surface area contributed by atoms with Crippen molar-refractivity contribution in [1.82, 2.24) is 5.32 Å². The zero-order valence-electron chi connectivity index (χ0n) is 9.03. The van der Waals surface area contributed by atoms with Gasteiger partial charge in [-0.1, -0.05) is 19.8 Å². The van der Waals surface area contributed by atoms with Gasteiger partial charge in [-0.3, -0.25) is 4.79 Å². The third kappa shape index (κ3) is 2.81. The first-order chi connectivity index (χ1) is 7.25. The summed E-state index contributed by atoms with van der Waals surface area (Å²) in [5, 5.41) is 6.97. The van der Waals surface area contributed by atoms with Gasteiger partial charge in [-0.05, 0) is 30.2 Å². The first-order valence-corrected chi connectivity index (χ1v) is 6.53. The lowest BCUT2D eigenvalue weighted by Crippen LogP contribution is -2.37. The molecule has 1 aromatic rings. The number of hydrogen-bond donors (Lipinski definition) is 1. The van der Waals surface area contributed by atoms with Gasteiger partial charge in [0.15, 0.2) is 0 Å². The molecule has 82 valence electrons. The van der Waals surface area contributed by atoms with Gasteiger partial charge in [-0.15, -0.1) is 0 Å². The van der Waals surface area contributed by atoms with Crippen LogP contribution in [0.3, 0.4) is 0 Å². The van der Waals surface area contributed by atoms with Gasteiger partial charge in [0.1, 0.15) is 0 Å². The number of carbonyl (C=O) groups excluding carboxylic acids is 1. The van der Waals surface area contributed by atoms with Crippen LogP contribution >= 0.6 is 11.3 Å². The number of thiophene rings is 1. The average Bonchev–Trinajstić information content (AvgIpc) is 2.70. The topological polar surface area (TPSA) is 29.1 Å². The molecule has 1 aliphatic rings. The highest BCUT2D eigenvalue weighted by molar-refractivity contribution is 7.08. The molecule has 1 aromatic heterocycles. The molecular weight excluding hydrogens is 206 g/mol. The zero-order chi connectivity index (χ0) is 10.7. The molecule has 1 saturated carbocycles. The van der Waals surface area contributed by atoms with E-state index in [1.54, 1.807) is 11.3 Å². The monoisotopic (exact) mass is 223 g/mol. The van der Waals surface area contributed by atoms with Crippen LogP contribution in [0.4, 0.5) is 0 Å². The molecule has 1 N–H and O–H groups in total. The van der Waals surface area contributed by atoms with Gasteiger partial charge in [-0.25, -0.2) is 0 Å². The summed E-state index contributed by atoms with van der Waals surface area (Å²) in [6, 6.07) is 2.27. The minimum atomic E-state index is 0.0929.